The van der Waals surface area contributed by atoms with Gasteiger partial charge >= 0.3 is 5.97 Å². The molecule has 0 saturated carbocycles. The maximum atomic E-state index is 13.5. The van der Waals surface area contributed by atoms with Crippen molar-refractivity contribution in [3.05, 3.63) is 83.1 Å². The molecular weight excluding hydrogens is 496 g/mol. The van der Waals surface area contributed by atoms with Gasteiger partial charge in [-0.3, -0.25) is 19.3 Å². The predicted octanol–water partition coefficient (Wildman–Crippen LogP) is 4.48. The highest BCUT2D eigenvalue weighted by Crippen LogP contribution is 2.32. The third kappa shape index (κ3) is 5.96. The number of ether oxygens (including phenoxy) is 2. The summed E-state index contributed by atoms with van der Waals surface area (Å²) < 4.78 is 12.5. The molecule has 39 heavy (non-hydrogen) atoms. The number of para-hydroxylation sites is 1. The molecule has 2 aromatic carbocycles. The summed E-state index contributed by atoms with van der Waals surface area (Å²) in [6.07, 6.45) is 4.30. The summed E-state index contributed by atoms with van der Waals surface area (Å²) in [5.41, 5.74) is 3.11. The molecule has 0 radical (unpaired) electrons. The molecule has 1 aliphatic heterocycles. The maximum absolute atomic E-state index is 13.5. The number of amides is 2. The van der Waals surface area contributed by atoms with E-state index in [1.54, 1.807) is 23.9 Å². The molecule has 3 aromatic rings. The van der Waals surface area contributed by atoms with Gasteiger partial charge < -0.3 is 9.47 Å². The van der Waals surface area contributed by atoms with Crippen LogP contribution < -0.4 is 4.74 Å². The third-order valence-corrected chi connectivity index (χ3v) is 6.09. The lowest BCUT2D eigenvalue weighted by atomic mass is 9.93. The number of rotatable bonds is 9. The Morgan fingerprint density at radius 3 is 2.54 bits per heavy atom. The van der Waals surface area contributed by atoms with Crippen molar-refractivity contribution < 1.29 is 23.9 Å². The molecule has 1 aromatic heterocycles. The Morgan fingerprint density at radius 1 is 1.08 bits per heavy atom. The Kier molecular flexibility index (Phi) is 8.37. The van der Waals surface area contributed by atoms with Gasteiger partial charge in [-0.25, -0.2) is 4.68 Å². The smallest absolute Gasteiger partial charge is 0.302 e. The Labute approximate surface area is 226 Å². The number of benzene rings is 2. The van der Waals surface area contributed by atoms with E-state index in [0.717, 1.165) is 22.6 Å². The number of hydrogen-bond donors (Lipinski definition) is 0. The zero-order valence-corrected chi connectivity index (χ0v) is 22.0. The Balaban J connectivity index is 1.84. The van der Waals surface area contributed by atoms with Crippen molar-refractivity contribution in [3.63, 3.8) is 0 Å². The standard InChI is InChI=1S/C30H28N4O5/c1-4-14-39-25-12-8-9-22(16-25)28-23(19-34(32-28)24-10-6-5-7-11-24)17-26-20(2)27(18-31)30(37)33(29(26)36)13-15-38-21(3)35/h5-12,16-17,19H,4,13-15H2,1-3H3/b26-17+. The second kappa shape index (κ2) is 12.0. The van der Waals surface area contributed by atoms with Gasteiger partial charge in [0.2, 0.25) is 0 Å². The quantitative estimate of drug-likeness (QED) is 0.230. The second-order valence-corrected chi connectivity index (χ2v) is 8.86. The van der Waals surface area contributed by atoms with Crippen molar-refractivity contribution in [2.75, 3.05) is 19.8 Å². The van der Waals surface area contributed by atoms with Crippen LogP contribution in [0.4, 0.5) is 0 Å². The highest BCUT2D eigenvalue weighted by Gasteiger charge is 2.35. The molecule has 4 rings (SSSR count). The molecule has 1 aliphatic rings. The minimum atomic E-state index is -0.717. The van der Waals surface area contributed by atoms with E-state index < -0.39 is 17.8 Å². The predicted molar refractivity (Wildman–Crippen MR) is 144 cm³/mol. The summed E-state index contributed by atoms with van der Waals surface area (Å²) in [6, 6.07) is 19.0. The van der Waals surface area contributed by atoms with Gasteiger partial charge in [0.25, 0.3) is 11.8 Å². The first-order chi connectivity index (χ1) is 18.8. The molecule has 0 N–H and O–H groups in total. The van der Waals surface area contributed by atoms with Crippen LogP contribution in [-0.4, -0.2) is 52.2 Å². The Morgan fingerprint density at radius 2 is 1.85 bits per heavy atom. The van der Waals surface area contributed by atoms with Crippen LogP contribution in [0.2, 0.25) is 0 Å². The van der Waals surface area contributed by atoms with E-state index in [4.69, 9.17) is 14.6 Å². The van der Waals surface area contributed by atoms with E-state index in [9.17, 15) is 19.6 Å². The SMILES string of the molecule is CCCOc1cccc(-c2nn(-c3ccccc3)cc2/C=C2/C(=O)N(CCOC(C)=O)C(=O)C(C#N)=C2C)c1. The number of nitrogens with zero attached hydrogens (tertiary/aromatic N) is 4. The van der Waals surface area contributed by atoms with E-state index in [1.807, 2.05) is 67.6 Å². The number of hydrogen-bond acceptors (Lipinski definition) is 7. The number of aromatic nitrogens is 2. The van der Waals surface area contributed by atoms with Gasteiger partial charge in [0.05, 0.1) is 18.8 Å². The first kappa shape index (κ1) is 27.1. The van der Waals surface area contributed by atoms with E-state index >= 15 is 0 Å². The number of esters is 1. The summed E-state index contributed by atoms with van der Waals surface area (Å²) in [5, 5.41) is 14.5. The fourth-order valence-corrected chi connectivity index (χ4v) is 4.15. The molecule has 9 heteroatoms. The lowest BCUT2D eigenvalue weighted by Gasteiger charge is -2.27. The van der Waals surface area contributed by atoms with E-state index in [-0.39, 0.29) is 29.9 Å². The lowest BCUT2D eigenvalue weighted by Crippen LogP contribution is -2.44. The molecule has 9 nitrogen and oxygen atoms in total. The van der Waals surface area contributed by atoms with Gasteiger partial charge in [0.1, 0.15) is 29.7 Å². The monoisotopic (exact) mass is 524 g/mol. The first-order valence-electron chi connectivity index (χ1n) is 12.5. The van der Waals surface area contributed by atoms with Gasteiger partial charge in [0.15, 0.2) is 0 Å². The van der Waals surface area contributed by atoms with Crippen molar-refractivity contribution in [2.24, 2.45) is 0 Å². The molecule has 0 fully saturated rings. The first-order valence-corrected chi connectivity index (χ1v) is 12.5. The topological polar surface area (TPSA) is 115 Å². The zero-order valence-electron chi connectivity index (χ0n) is 22.0. The van der Waals surface area contributed by atoms with E-state index in [1.165, 1.54) is 6.92 Å². The fourth-order valence-electron chi connectivity index (χ4n) is 4.15. The fraction of sp³-hybridized carbons (Fsp3) is 0.233. The summed E-state index contributed by atoms with van der Waals surface area (Å²) in [7, 11) is 0. The van der Waals surface area contributed by atoms with Crippen molar-refractivity contribution in [1.82, 2.24) is 14.7 Å². The van der Waals surface area contributed by atoms with Crippen LogP contribution in [0.5, 0.6) is 5.75 Å². The molecule has 2 amide bonds. The van der Waals surface area contributed by atoms with Gasteiger partial charge in [-0.2, -0.15) is 10.4 Å². The van der Waals surface area contributed by atoms with Crippen LogP contribution >= 0.6 is 0 Å². The molecule has 0 unspecified atom stereocenters. The van der Waals surface area contributed by atoms with Crippen LogP contribution in [0, 0.1) is 11.3 Å². The van der Waals surface area contributed by atoms with Crippen LogP contribution in [0.1, 0.15) is 32.8 Å². The van der Waals surface area contributed by atoms with Crippen LogP contribution in [-0.2, 0) is 19.1 Å². The second-order valence-electron chi connectivity index (χ2n) is 8.86. The summed E-state index contributed by atoms with van der Waals surface area (Å²) >= 11 is 0. The molecule has 0 atom stereocenters. The number of carbonyl (C=O) groups excluding carboxylic acids is 3. The number of nitriles is 1. The van der Waals surface area contributed by atoms with Crippen LogP contribution in [0.25, 0.3) is 23.0 Å². The highest BCUT2D eigenvalue weighted by molar-refractivity contribution is 6.19. The summed E-state index contributed by atoms with van der Waals surface area (Å²) in [4.78, 5) is 38.5. The van der Waals surface area contributed by atoms with Gasteiger partial charge in [-0.1, -0.05) is 37.3 Å². The Bertz CT molecular complexity index is 1510. The minimum absolute atomic E-state index is 0.143. The average Bonchev–Trinajstić information content (AvgIpc) is 3.36. The van der Waals surface area contributed by atoms with Crippen molar-refractivity contribution in [1.29, 1.82) is 5.26 Å². The van der Waals surface area contributed by atoms with Crippen LogP contribution in [0.3, 0.4) is 0 Å². The normalized spacial score (nSPS) is 14.5. The lowest BCUT2D eigenvalue weighted by molar-refractivity contribution is -0.147. The molecular formula is C30H28N4O5. The molecule has 198 valence electrons. The van der Waals surface area contributed by atoms with E-state index in [2.05, 4.69) is 0 Å². The highest BCUT2D eigenvalue weighted by atomic mass is 16.5. The molecule has 0 spiro atoms. The van der Waals surface area contributed by atoms with Crippen molar-refractivity contribution in [2.45, 2.75) is 27.2 Å². The summed E-state index contributed by atoms with van der Waals surface area (Å²) in [5.74, 6) is -1.13. The van der Waals surface area contributed by atoms with Gasteiger partial charge in [0, 0.05) is 29.8 Å². The third-order valence-electron chi connectivity index (χ3n) is 6.09. The minimum Gasteiger partial charge on any atom is -0.494 e. The van der Waals surface area contributed by atoms with Gasteiger partial charge in [-0.05, 0) is 49.3 Å². The molecule has 0 saturated heterocycles. The number of imide groups is 1. The van der Waals surface area contributed by atoms with Crippen molar-refractivity contribution >= 4 is 23.9 Å². The van der Waals surface area contributed by atoms with Gasteiger partial charge in [-0.15, -0.1) is 0 Å². The van der Waals surface area contributed by atoms with Crippen LogP contribution in [0.15, 0.2) is 77.5 Å². The molecule has 0 aliphatic carbocycles. The largest absolute Gasteiger partial charge is 0.494 e. The maximum Gasteiger partial charge on any atom is 0.302 e. The summed E-state index contributed by atoms with van der Waals surface area (Å²) in [6.45, 7) is 5.09. The van der Waals surface area contributed by atoms with E-state index in [0.29, 0.717) is 23.6 Å². The van der Waals surface area contributed by atoms with Crippen molar-refractivity contribution in [3.8, 4) is 28.8 Å². The average molecular weight is 525 g/mol. The molecule has 0 bridgehead atoms. The molecule has 2 heterocycles. The number of carbonyl (C=O) groups is 3. The Hall–Kier alpha value is -4.97. The zero-order chi connectivity index (χ0) is 27.9.